The van der Waals surface area contributed by atoms with Crippen molar-refractivity contribution in [2.45, 2.75) is 36.5 Å². The Morgan fingerprint density at radius 3 is 2.76 bits per heavy atom. The number of carbonyl (C=O) groups is 1. The van der Waals surface area contributed by atoms with E-state index < -0.39 is 0 Å². The molecule has 6 heteroatoms. The van der Waals surface area contributed by atoms with Crippen LogP contribution in [0.5, 0.6) is 0 Å². The molecule has 0 bridgehead atoms. The van der Waals surface area contributed by atoms with Crippen molar-refractivity contribution in [1.82, 2.24) is 9.55 Å². The monoisotopic (exact) mass is 371 g/mol. The standard InChI is InChI=1S/C19H21N3OS2/c1-15-2-5-17(24-15)8-9-19(12-22-11-10-20-13-22)25-18-6-3-16(4-7-18)21-14-23/h2-7,10-11,13-14,19H,8-9,12H2,1H3,(H,21,23). The minimum Gasteiger partial charge on any atom is -0.336 e. The number of thiophene rings is 1. The first-order chi connectivity index (χ1) is 12.2. The van der Waals surface area contributed by atoms with Crippen molar-refractivity contribution in [1.29, 1.82) is 0 Å². The third-order valence-corrected chi connectivity index (χ3v) is 6.19. The lowest BCUT2D eigenvalue weighted by atomic mass is 10.2. The maximum absolute atomic E-state index is 10.5. The summed E-state index contributed by atoms with van der Waals surface area (Å²) in [5.74, 6) is 0. The summed E-state index contributed by atoms with van der Waals surface area (Å²) in [7, 11) is 0. The zero-order valence-corrected chi connectivity index (χ0v) is 15.7. The summed E-state index contributed by atoms with van der Waals surface area (Å²) >= 11 is 3.76. The Morgan fingerprint density at radius 1 is 1.28 bits per heavy atom. The highest BCUT2D eigenvalue weighted by Crippen LogP contribution is 2.29. The number of carbonyl (C=O) groups excluding carboxylic acids is 1. The predicted octanol–water partition coefficient (Wildman–Crippen LogP) is 4.62. The van der Waals surface area contributed by atoms with Gasteiger partial charge in [0.1, 0.15) is 0 Å². The number of nitrogens with zero attached hydrogens (tertiary/aromatic N) is 2. The van der Waals surface area contributed by atoms with Crippen LogP contribution in [0.2, 0.25) is 0 Å². The van der Waals surface area contributed by atoms with Gasteiger partial charge in [-0.05, 0) is 56.2 Å². The molecule has 1 N–H and O–H groups in total. The Labute approximate surface area is 156 Å². The number of anilines is 1. The highest BCUT2D eigenvalue weighted by molar-refractivity contribution is 8.00. The van der Waals surface area contributed by atoms with Crippen LogP contribution in [0, 0.1) is 6.92 Å². The van der Waals surface area contributed by atoms with Gasteiger partial charge in [0.25, 0.3) is 0 Å². The number of amides is 1. The van der Waals surface area contributed by atoms with Crippen LogP contribution in [0.25, 0.3) is 0 Å². The molecule has 0 spiro atoms. The molecular weight excluding hydrogens is 350 g/mol. The Hall–Kier alpha value is -2.05. The molecule has 0 saturated carbocycles. The summed E-state index contributed by atoms with van der Waals surface area (Å²) in [5.41, 5.74) is 0.819. The quantitative estimate of drug-likeness (QED) is 0.441. The molecule has 0 saturated heterocycles. The number of aryl methyl sites for hydroxylation is 2. The van der Waals surface area contributed by atoms with Gasteiger partial charge in [-0.1, -0.05) is 0 Å². The van der Waals surface area contributed by atoms with Crippen molar-refractivity contribution in [3.8, 4) is 0 Å². The van der Waals surface area contributed by atoms with Crippen LogP contribution < -0.4 is 5.32 Å². The molecule has 0 aliphatic rings. The van der Waals surface area contributed by atoms with Gasteiger partial charge in [-0.15, -0.1) is 23.1 Å². The number of thioether (sulfide) groups is 1. The number of rotatable bonds is 9. The second-order valence-electron chi connectivity index (χ2n) is 5.84. The zero-order valence-electron chi connectivity index (χ0n) is 14.1. The Balaban J connectivity index is 1.65. The van der Waals surface area contributed by atoms with E-state index in [1.165, 1.54) is 14.6 Å². The molecule has 3 rings (SSSR count). The molecule has 4 nitrogen and oxygen atoms in total. The van der Waals surface area contributed by atoms with E-state index in [4.69, 9.17) is 0 Å². The van der Waals surface area contributed by atoms with Crippen LogP contribution in [0.4, 0.5) is 5.69 Å². The topological polar surface area (TPSA) is 46.9 Å². The van der Waals surface area contributed by atoms with Crippen LogP contribution in [0.3, 0.4) is 0 Å². The number of aromatic nitrogens is 2. The summed E-state index contributed by atoms with van der Waals surface area (Å²) < 4.78 is 2.14. The van der Waals surface area contributed by atoms with Crippen LogP contribution in [0.1, 0.15) is 16.2 Å². The average molecular weight is 372 g/mol. The van der Waals surface area contributed by atoms with E-state index in [0.29, 0.717) is 11.7 Å². The van der Waals surface area contributed by atoms with E-state index in [0.717, 1.165) is 25.1 Å². The number of hydrogen-bond acceptors (Lipinski definition) is 4. The van der Waals surface area contributed by atoms with E-state index in [1.807, 2.05) is 54.0 Å². The number of benzene rings is 1. The fourth-order valence-corrected chi connectivity index (χ4v) is 4.70. The summed E-state index contributed by atoms with van der Waals surface area (Å²) in [6.45, 7) is 3.09. The molecule has 0 aliphatic carbocycles. The van der Waals surface area contributed by atoms with Gasteiger partial charge >= 0.3 is 0 Å². The lowest BCUT2D eigenvalue weighted by molar-refractivity contribution is -0.105. The smallest absolute Gasteiger partial charge is 0.211 e. The minimum atomic E-state index is 0.460. The van der Waals surface area contributed by atoms with Gasteiger partial charge in [-0.2, -0.15) is 0 Å². The highest BCUT2D eigenvalue weighted by atomic mass is 32.2. The lowest BCUT2D eigenvalue weighted by Crippen LogP contribution is -2.13. The van der Waals surface area contributed by atoms with Crippen molar-refractivity contribution < 1.29 is 4.79 Å². The normalized spacial score (nSPS) is 12.0. The molecule has 1 unspecified atom stereocenters. The molecule has 2 heterocycles. The van der Waals surface area contributed by atoms with Crippen LogP contribution >= 0.6 is 23.1 Å². The number of nitrogens with one attached hydrogen (secondary N) is 1. The molecule has 3 aromatic rings. The van der Waals surface area contributed by atoms with Crippen LogP contribution in [0.15, 0.2) is 60.0 Å². The molecule has 130 valence electrons. The SMILES string of the molecule is Cc1ccc(CCC(Cn2ccnc2)Sc2ccc(NC=O)cc2)s1. The molecule has 1 atom stereocenters. The maximum Gasteiger partial charge on any atom is 0.211 e. The van der Waals surface area contributed by atoms with E-state index >= 15 is 0 Å². The van der Waals surface area contributed by atoms with Crippen molar-refractivity contribution in [2.24, 2.45) is 0 Å². The molecule has 1 aromatic carbocycles. The Morgan fingerprint density at radius 2 is 2.12 bits per heavy atom. The molecule has 2 aromatic heterocycles. The fraction of sp³-hybridized carbons (Fsp3) is 0.263. The average Bonchev–Trinajstić information content (AvgIpc) is 3.26. The van der Waals surface area contributed by atoms with Gasteiger partial charge < -0.3 is 9.88 Å². The second-order valence-corrected chi connectivity index (χ2v) is 8.58. The molecule has 0 radical (unpaired) electrons. The number of imidazole rings is 1. The van der Waals surface area contributed by atoms with Gasteiger partial charge in [0.05, 0.1) is 6.33 Å². The largest absolute Gasteiger partial charge is 0.336 e. The summed E-state index contributed by atoms with van der Waals surface area (Å²) in [6, 6.07) is 12.4. The van der Waals surface area contributed by atoms with E-state index in [9.17, 15) is 4.79 Å². The number of hydrogen-bond donors (Lipinski definition) is 1. The molecule has 0 aliphatic heterocycles. The van der Waals surface area contributed by atoms with Crippen LogP contribution in [-0.4, -0.2) is 21.2 Å². The molecule has 0 fully saturated rings. The Kier molecular flexibility index (Phi) is 6.30. The lowest BCUT2D eigenvalue weighted by Gasteiger charge is -2.17. The second kappa shape index (κ2) is 8.87. The van der Waals surface area contributed by atoms with E-state index in [-0.39, 0.29) is 0 Å². The van der Waals surface area contributed by atoms with Gasteiger partial charge in [-0.3, -0.25) is 4.79 Å². The van der Waals surface area contributed by atoms with Crippen LogP contribution in [-0.2, 0) is 17.8 Å². The first-order valence-electron chi connectivity index (χ1n) is 8.21. The molecular formula is C19H21N3OS2. The summed E-state index contributed by atoms with van der Waals surface area (Å²) in [5, 5.41) is 3.13. The third-order valence-electron chi connectivity index (χ3n) is 3.87. The summed E-state index contributed by atoms with van der Waals surface area (Å²) in [4.78, 5) is 18.7. The van der Waals surface area contributed by atoms with Crippen molar-refractivity contribution in [2.75, 3.05) is 5.32 Å². The van der Waals surface area contributed by atoms with E-state index in [1.54, 1.807) is 0 Å². The van der Waals surface area contributed by atoms with Gasteiger partial charge in [0.15, 0.2) is 0 Å². The molecule has 25 heavy (non-hydrogen) atoms. The highest BCUT2D eigenvalue weighted by Gasteiger charge is 2.13. The van der Waals surface area contributed by atoms with Gasteiger partial charge in [0.2, 0.25) is 6.41 Å². The van der Waals surface area contributed by atoms with Crippen molar-refractivity contribution in [3.05, 3.63) is 64.9 Å². The third kappa shape index (κ3) is 5.47. The Bertz CT molecular complexity index is 781. The summed E-state index contributed by atoms with van der Waals surface area (Å²) in [6.07, 6.45) is 8.62. The minimum absolute atomic E-state index is 0.460. The first kappa shape index (κ1) is 17.8. The first-order valence-corrected chi connectivity index (χ1v) is 9.90. The zero-order chi connectivity index (χ0) is 17.5. The van der Waals surface area contributed by atoms with Gasteiger partial charge in [-0.25, -0.2) is 4.98 Å². The van der Waals surface area contributed by atoms with Crippen molar-refractivity contribution >= 4 is 35.2 Å². The molecule has 1 amide bonds. The van der Waals surface area contributed by atoms with E-state index in [2.05, 4.69) is 46.1 Å². The van der Waals surface area contributed by atoms with Gasteiger partial charge in [0, 0.05) is 44.5 Å². The predicted molar refractivity (Wildman–Crippen MR) is 105 cm³/mol. The van der Waals surface area contributed by atoms with Crippen molar-refractivity contribution in [3.63, 3.8) is 0 Å². The maximum atomic E-state index is 10.5. The fourth-order valence-electron chi connectivity index (χ4n) is 2.63.